The molecule has 0 aromatic heterocycles. The fourth-order valence-electron chi connectivity index (χ4n) is 2.51. The minimum atomic E-state index is 0.0392. The average molecular weight is 257 g/mol. The number of hydrogen-bond acceptors (Lipinski definition) is 3. The van der Waals surface area contributed by atoms with Crippen molar-refractivity contribution in [3.05, 3.63) is 35.4 Å². The summed E-state index contributed by atoms with van der Waals surface area (Å²) in [6, 6.07) is 5.87. The summed E-state index contributed by atoms with van der Waals surface area (Å²) in [5, 5.41) is 2.81. The number of amides is 1. The van der Waals surface area contributed by atoms with Gasteiger partial charge in [-0.2, -0.15) is 0 Å². The molecular formula is C15H15NO3. The van der Waals surface area contributed by atoms with Crippen LogP contribution in [0.3, 0.4) is 0 Å². The average Bonchev–Trinajstić information content (AvgIpc) is 3.00. The highest BCUT2D eigenvalue weighted by Gasteiger charge is 2.22. The van der Waals surface area contributed by atoms with Crippen molar-refractivity contribution >= 4 is 23.6 Å². The number of carbonyl (C=O) groups excluding carboxylic acids is 2. The molecule has 1 unspecified atom stereocenters. The van der Waals surface area contributed by atoms with Gasteiger partial charge in [-0.25, -0.2) is 0 Å². The van der Waals surface area contributed by atoms with Gasteiger partial charge in [0.05, 0.1) is 6.42 Å². The van der Waals surface area contributed by atoms with Gasteiger partial charge in [-0.05, 0) is 36.3 Å². The molecule has 1 aromatic rings. The zero-order valence-corrected chi connectivity index (χ0v) is 10.5. The fourth-order valence-corrected chi connectivity index (χ4v) is 2.51. The highest BCUT2D eigenvalue weighted by Crippen LogP contribution is 2.32. The maximum absolute atomic E-state index is 11.3. The molecule has 1 atom stereocenters. The predicted molar refractivity (Wildman–Crippen MR) is 71.5 cm³/mol. The number of hydrogen-bond donors (Lipinski definition) is 1. The molecule has 0 saturated heterocycles. The van der Waals surface area contributed by atoms with Gasteiger partial charge in [0.2, 0.25) is 5.91 Å². The number of carbonyl (C=O) groups is 2. The number of benzene rings is 1. The van der Waals surface area contributed by atoms with Crippen LogP contribution in [-0.2, 0) is 20.7 Å². The van der Waals surface area contributed by atoms with Crippen molar-refractivity contribution in [2.24, 2.45) is 0 Å². The van der Waals surface area contributed by atoms with E-state index in [-0.39, 0.29) is 12.0 Å². The number of ether oxygens (including phenoxy) is 1. The van der Waals surface area contributed by atoms with Crippen LogP contribution in [0.1, 0.15) is 30.4 Å². The first kappa shape index (κ1) is 12.0. The van der Waals surface area contributed by atoms with E-state index in [2.05, 4.69) is 11.4 Å². The van der Waals surface area contributed by atoms with E-state index in [0.717, 1.165) is 41.7 Å². The van der Waals surface area contributed by atoms with Gasteiger partial charge in [0.25, 0.3) is 0 Å². The molecule has 0 radical (unpaired) electrons. The third kappa shape index (κ3) is 2.38. The molecular weight excluding hydrogens is 242 g/mol. The third-order valence-electron chi connectivity index (χ3n) is 3.48. The molecule has 2 heterocycles. The van der Waals surface area contributed by atoms with Crippen molar-refractivity contribution < 1.29 is 14.3 Å². The van der Waals surface area contributed by atoms with Gasteiger partial charge in [-0.1, -0.05) is 0 Å². The second-order valence-corrected chi connectivity index (χ2v) is 4.88. The van der Waals surface area contributed by atoms with Crippen molar-refractivity contribution in [2.75, 3.05) is 5.32 Å². The van der Waals surface area contributed by atoms with E-state index >= 15 is 0 Å². The summed E-state index contributed by atoms with van der Waals surface area (Å²) >= 11 is 0. The van der Waals surface area contributed by atoms with Crippen LogP contribution in [0.2, 0.25) is 0 Å². The number of aldehydes is 1. The lowest BCUT2D eigenvalue weighted by molar-refractivity contribution is -0.115. The Kier molecular flexibility index (Phi) is 3.07. The Balaban J connectivity index is 1.73. The number of fused-ring (bicyclic) bond motifs is 1. The van der Waals surface area contributed by atoms with E-state index in [1.165, 1.54) is 0 Å². The molecule has 3 rings (SSSR count). The maximum atomic E-state index is 11.3. The van der Waals surface area contributed by atoms with Crippen LogP contribution >= 0.6 is 0 Å². The van der Waals surface area contributed by atoms with E-state index in [0.29, 0.717) is 12.8 Å². The van der Waals surface area contributed by atoms with Gasteiger partial charge in [0.1, 0.15) is 18.1 Å². The lowest BCUT2D eigenvalue weighted by atomic mass is 10.1. The van der Waals surface area contributed by atoms with Gasteiger partial charge < -0.3 is 14.8 Å². The molecule has 19 heavy (non-hydrogen) atoms. The summed E-state index contributed by atoms with van der Waals surface area (Å²) in [5.74, 6) is 0.898. The molecule has 2 aliphatic rings. The molecule has 4 nitrogen and oxygen atoms in total. The zero-order chi connectivity index (χ0) is 13.2. The van der Waals surface area contributed by atoms with Crippen LogP contribution in [0, 0.1) is 0 Å². The summed E-state index contributed by atoms with van der Waals surface area (Å²) in [4.78, 5) is 21.7. The lowest BCUT2D eigenvalue weighted by Crippen LogP contribution is -2.05. The van der Waals surface area contributed by atoms with E-state index < -0.39 is 0 Å². The molecule has 1 aromatic carbocycles. The van der Waals surface area contributed by atoms with Crippen molar-refractivity contribution in [3.8, 4) is 0 Å². The fraction of sp³-hybridized carbons (Fsp3) is 0.333. The summed E-state index contributed by atoms with van der Waals surface area (Å²) < 4.78 is 5.83. The van der Waals surface area contributed by atoms with E-state index in [1.807, 2.05) is 18.2 Å². The third-order valence-corrected chi connectivity index (χ3v) is 3.48. The molecule has 0 fully saturated rings. The van der Waals surface area contributed by atoms with Crippen molar-refractivity contribution in [1.82, 2.24) is 0 Å². The Morgan fingerprint density at radius 3 is 3.16 bits per heavy atom. The summed E-state index contributed by atoms with van der Waals surface area (Å²) in [5.41, 5.74) is 2.91. The Morgan fingerprint density at radius 1 is 1.42 bits per heavy atom. The van der Waals surface area contributed by atoms with Crippen LogP contribution in [0.5, 0.6) is 0 Å². The van der Waals surface area contributed by atoms with Gasteiger partial charge in [0, 0.05) is 24.1 Å². The zero-order valence-electron chi connectivity index (χ0n) is 10.5. The van der Waals surface area contributed by atoms with E-state index in [4.69, 9.17) is 4.74 Å². The second-order valence-electron chi connectivity index (χ2n) is 4.88. The molecule has 1 amide bonds. The second kappa shape index (κ2) is 4.88. The van der Waals surface area contributed by atoms with Crippen LogP contribution in [-0.4, -0.2) is 18.3 Å². The molecule has 1 N–H and O–H groups in total. The topological polar surface area (TPSA) is 55.4 Å². The number of anilines is 1. The van der Waals surface area contributed by atoms with Crippen LogP contribution in [0.25, 0.3) is 5.76 Å². The molecule has 98 valence electrons. The van der Waals surface area contributed by atoms with Crippen LogP contribution < -0.4 is 5.32 Å². The molecule has 0 aliphatic carbocycles. The van der Waals surface area contributed by atoms with Crippen molar-refractivity contribution in [1.29, 1.82) is 0 Å². The quantitative estimate of drug-likeness (QED) is 0.842. The first-order valence-corrected chi connectivity index (χ1v) is 6.50. The normalized spacial score (nSPS) is 20.5. The Labute approximate surface area is 111 Å². The number of nitrogens with one attached hydrogen (secondary N) is 1. The molecule has 0 bridgehead atoms. The molecule has 2 aliphatic heterocycles. The molecule has 4 heteroatoms. The minimum Gasteiger partial charge on any atom is -0.490 e. The standard InChI is InChI=1S/C15H15NO3/c17-7-1-2-12-4-6-14(19-12)10-3-5-13-11(8-10)9-15(18)16-13/h3,5-8,12H,1-2,4,9H2,(H,16,18). The minimum absolute atomic E-state index is 0.0392. The van der Waals surface area contributed by atoms with E-state index in [1.54, 1.807) is 0 Å². The monoisotopic (exact) mass is 257 g/mol. The maximum Gasteiger partial charge on any atom is 0.228 e. The van der Waals surface area contributed by atoms with Gasteiger partial charge in [-0.3, -0.25) is 4.79 Å². The van der Waals surface area contributed by atoms with E-state index in [9.17, 15) is 9.59 Å². The predicted octanol–water partition coefficient (Wildman–Crippen LogP) is 2.29. The highest BCUT2D eigenvalue weighted by molar-refractivity contribution is 5.99. The molecule has 0 spiro atoms. The number of rotatable bonds is 4. The van der Waals surface area contributed by atoms with Gasteiger partial charge >= 0.3 is 0 Å². The highest BCUT2D eigenvalue weighted by atomic mass is 16.5. The first-order valence-electron chi connectivity index (χ1n) is 6.50. The molecule has 0 saturated carbocycles. The Hall–Kier alpha value is -2.10. The van der Waals surface area contributed by atoms with Crippen molar-refractivity contribution in [2.45, 2.75) is 31.8 Å². The van der Waals surface area contributed by atoms with Gasteiger partial charge in [0.15, 0.2) is 0 Å². The summed E-state index contributed by atoms with van der Waals surface area (Å²) in [6.45, 7) is 0. The Bertz CT molecular complexity index is 563. The lowest BCUT2D eigenvalue weighted by Gasteiger charge is -2.12. The van der Waals surface area contributed by atoms with Crippen LogP contribution in [0.4, 0.5) is 5.69 Å². The van der Waals surface area contributed by atoms with Crippen molar-refractivity contribution in [3.63, 3.8) is 0 Å². The SMILES string of the molecule is O=CCCC1CC=C(c2ccc3c(c2)CC(=O)N3)O1. The summed E-state index contributed by atoms with van der Waals surface area (Å²) in [7, 11) is 0. The smallest absolute Gasteiger partial charge is 0.228 e. The van der Waals surface area contributed by atoms with Crippen LogP contribution in [0.15, 0.2) is 24.3 Å². The largest absolute Gasteiger partial charge is 0.490 e. The Morgan fingerprint density at radius 2 is 2.32 bits per heavy atom. The first-order chi connectivity index (χ1) is 9.26. The van der Waals surface area contributed by atoms with Gasteiger partial charge in [-0.15, -0.1) is 0 Å². The summed E-state index contributed by atoms with van der Waals surface area (Å²) in [6.07, 6.45) is 5.66.